The van der Waals surface area contributed by atoms with Crippen molar-refractivity contribution in [3.8, 4) is 0 Å². The number of ether oxygens (including phenoxy) is 1. The monoisotopic (exact) mass is 299 g/mol. The van der Waals surface area contributed by atoms with Crippen LogP contribution < -0.4 is 11.1 Å². The molecule has 1 saturated heterocycles. The Morgan fingerprint density at radius 2 is 1.90 bits per heavy atom. The van der Waals surface area contributed by atoms with E-state index in [0.717, 1.165) is 51.4 Å². The predicted molar refractivity (Wildman–Crippen MR) is 75.0 cm³/mol. The van der Waals surface area contributed by atoms with E-state index >= 15 is 0 Å². The van der Waals surface area contributed by atoms with Crippen molar-refractivity contribution in [2.24, 2.45) is 0 Å². The lowest BCUT2D eigenvalue weighted by Crippen LogP contribution is -2.38. The fourth-order valence-corrected chi connectivity index (χ4v) is 2.15. The molecule has 1 aliphatic heterocycles. The van der Waals surface area contributed by atoms with Crippen LogP contribution in [0.15, 0.2) is 12.1 Å². The molecule has 1 fully saturated rings. The number of carbonyl (C=O) groups excluding carboxylic acids is 1. The largest absolute Gasteiger partial charge is 0.394 e. The number of hydrogen-bond donors (Lipinski definition) is 2. The second kappa shape index (κ2) is 7.33. The number of benzene rings is 1. The summed E-state index contributed by atoms with van der Waals surface area (Å²) in [4.78, 5) is 14.0. The summed E-state index contributed by atoms with van der Waals surface area (Å²) in [5.74, 6) is -2.35. The number of morpholine rings is 1. The summed E-state index contributed by atoms with van der Waals surface area (Å²) in [5.41, 5.74) is 4.52. The van der Waals surface area contributed by atoms with E-state index in [1.165, 1.54) is 0 Å². The third-order valence-corrected chi connectivity index (χ3v) is 3.38. The first kappa shape index (κ1) is 15.7. The smallest absolute Gasteiger partial charge is 0.251 e. The topological polar surface area (TPSA) is 67.6 Å². The Hall–Kier alpha value is -1.73. The number of nitrogens with one attached hydrogen (secondary N) is 1. The molecule has 1 aliphatic rings. The highest BCUT2D eigenvalue weighted by Gasteiger charge is 2.13. The van der Waals surface area contributed by atoms with E-state index in [9.17, 15) is 13.6 Å². The number of hydrogen-bond acceptors (Lipinski definition) is 4. The molecule has 1 aromatic rings. The second-order valence-corrected chi connectivity index (χ2v) is 4.92. The van der Waals surface area contributed by atoms with Crippen molar-refractivity contribution in [3.63, 3.8) is 0 Å². The van der Waals surface area contributed by atoms with Gasteiger partial charge in [-0.2, -0.15) is 0 Å². The standard InChI is InChI=1S/C14H19F2N3O2/c15-11-8-10(9-12(16)13(11)17)14(20)18-2-1-3-19-4-6-21-7-5-19/h8-9H,1-7,17H2,(H,18,20). The van der Waals surface area contributed by atoms with Crippen LogP contribution >= 0.6 is 0 Å². The zero-order chi connectivity index (χ0) is 15.2. The molecule has 0 aromatic heterocycles. The summed E-state index contributed by atoms with van der Waals surface area (Å²) >= 11 is 0. The number of carbonyl (C=O) groups is 1. The van der Waals surface area contributed by atoms with Crippen molar-refractivity contribution < 1.29 is 18.3 Å². The highest BCUT2D eigenvalue weighted by Crippen LogP contribution is 2.17. The average Bonchev–Trinajstić information content (AvgIpc) is 2.49. The van der Waals surface area contributed by atoms with E-state index in [1.54, 1.807) is 0 Å². The highest BCUT2D eigenvalue weighted by molar-refractivity contribution is 5.94. The Balaban J connectivity index is 1.76. The summed E-state index contributed by atoms with van der Waals surface area (Å²) in [6.45, 7) is 4.55. The van der Waals surface area contributed by atoms with Crippen LogP contribution in [0.2, 0.25) is 0 Å². The van der Waals surface area contributed by atoms with Gasteiger partial charge in [-0.3, -0.25) is 9.69 Å². The SMILES string of the molecule is Nc1c(F)cc(C(=O)NCCCN2CCOCC2)cc1F. The molecule has 2 rings (SSSR count). The van der Waals surface area contributed by atoms with Crippen LogP contribution in [-0.2, 0) is 4.74 Å². The molecule has 116 valence electrons. The fourth-order valence-electron chi connectivity index (χ4n) is 2.15. The van der Waals surface area contributed by atoms with Gasteiger partial charge in [0, 0.05) is 25.2 Å². The molecular formula is C14H19F2N3O2. The molecule has 0 unspecified atom stereocenters. The Bertz CT molecular complexity index is 482. The van der Waals surface area contributed by atoms with Gasteiger partial charge in [0.15, 0.2) is 0 Å². The van der Waals surface area contributed by atoms with Gasteiger partial charge in [-0.25, -0.2) is 8.78 Å². The molecule has 1 aromatic carbocycles. The van der Waals surface area contributed by atoms with Crippen molar-refractivity contribution in [1.29, 1.82) is 0 Å². The van der Waals surface area contributed by atoms with Crippen LogP contribution in [-0.4, -0.2) is 50.2 Å². The average molecular weight is 299 g/mol. The molecule has 1 heterocycles. The number of halogens is 2. The Kier molecular flexibility index (Phi) is 5.46. The first-order valence-electron chi connectivity index (χ1n) is 6.91. The number of nitrogen functional groups attached to an aromatic ring is 1. The molecule has 21 heavy (non-hydrogen) atoms. The minimum absolute atomic E-state index is 0.0643. The minimum Gasteiger partial charge on any atom is -0.394 e. The molecule has 5 nitrogen and oxygen atoms in total. The van der Waals surface area contributed by atoms with E-state index in [4.69, 9.17) is 10.5 Å². The number of amides is 1. The molecule has 0 aliphatic carbocycles. The minimum atomic E-state index is -0.923. The van der Waals surface area contributed by atoms with E-state index in [2.05, 4.69) is 10.2 Å². The third-order valence-electron chi connectivity index (χ3n) is 3.38. The van der Waals surface area contributed by atoms with Gasteiger partial charge in [-0.05, 0) is 25.1 Å². The van der Waals surface area contributed by atoms with E-state index in [-0.39, 0.29) is 5.56 Å². The van der Waals surface area contributed by atoms with Crippen LogP contribution in [0.1, 0.15) is 16.8 Å². The van der Waals surface area contributed by atoms with Crippen LogP contribution in [0.25, 0.3) is 0 Å². The highest BCUT2D eigenvalue weighted by atomic mass is 19.1. The summed E-state index contributed by atoms with van der Waals surface area (Å²) in [5, 5.41) is 2.64. The zero-order valence-electron chi connectivity index (χ0n) is 11.7. The van der Waals surface area contributed by atoms with Gasteiger partial charge in [-0.15, -0.1) is 0 Å². The summed E-state index contributed by atoms with van der Waals surface area (Å²) in [6.07, 6.45) is 0.770. The van der Waals surface area contributed by atoms with Crippen molar-refractivity contribution in [1.82, 2.24) is 10.2 Å². The van der Waals surface area contributed by atoms with Crippen molar-refractivity contribution in [2.45, 2.75) is 6.42 Å². The van der Waals surface area contributed by atoms with Gasteiger partial charge in [0.05, 0.1) is 13.2 Å². The molecule has 0 spiro atoms. The quantitative estimate of drug-likeness (QED) is 0.629. The first-order valence-corrected chi connectivity index (χ1v) is 6.91. The predicted octanol–water partition coefficient (Wildman–Crippen LogP) is 0.999. The van der Waals surface area contributed by atoms with Gasteiger partial charge >= 0.3 is 0 Å². The number of nitrogens with two attached hydrogens (primary N) is 1. The number of nitrogens with zero attached hydrogens (tertiary/aromatic N) is 1. The van der Waals surface area contributed by atoms with Gasteiger partial charge in [-0.1, -0.05) is 0 Å². The molecule has 3 N–H and O–H groups in total. The normalized spacial score (nSPS) is 15.9. The molecule has 7 heteroatoms. The maximum absolute atomic E-state index is 13.3. The van der Waals surface area contributed by atoms with Crippen LogP contribution in [0.4, 0.5) is 14.5 Å². The van der Waals surface area contributed by atoms with E-state index in [1.807, 2.05) is 0 Å². The van der Waals surface area contributed by atoms with Crippen LogP contribution in [0.5, 0.6) is 0 Å². The molecule has 0 radical (unpaired) electrons. The van der Waals surface area contributed by atoms with E-state index in [0.29, 0.717) is 6.54 Å². The van der Waals surface area contributed by atoms with Crippen LogP contribution in [0.3, 0.4) is 0 Å². The Morgan fingerprint density at radius 3 is 2.52 bits per heavy atom. The fraction of sp³-hybridized carbons (Fsp3) is 0.500. The van der Waals surface area contributed by atoms with Crippen molar-refractivity contribution >= 4 is 11.6 Å². The maximum atomic E-state index is 13.3. The summed E-state index contributed by atoms with van der Waals surface area (Å²) < 4.78 is 31.8. The van der Waals surface area contributed by atoms with Gasteiger partial charge in [0.1, 0.15) is 17.3 Å². The van der Waals surface area contributed by atoms with Crippen molar-refractivity contribution in [2.75, 3.05) is 45.1 Å². The summed E-state index contributed by atoms with van der Waals surface area (Å²) in [6, 6.07) is 1.88. The first-order chi connectivity index (χ1) is 10.1. The lowest BCUT2D eigenvalue weighted by atomic mass is 10.1. The van der Waals surface area contributed by atoms with Gasteiger partial charge in [0.25, 0.3) is 5.91 Å². The maximum Gasteiger partial charge on any atom is 0.251 e. The van der Waals surface area contributed by atoms with Gasteiger partial charge in [0.2, 0.25) is 0 Å². The molecule has 0 saturated carbocycles. The number of anilines is 1. The third kappa shape index (κ3) is 4.37. The second-order valence-electron chi connectivity index (χ2n) is 4.92. The van der Waals surface area contributed by atoms with Crippen LogP contribution in [0, 0.1) is 11.6 Å². The zero-order valence-corrected chi connectivity index (χ0v) is 11.7. The molecule has 1 amide bonds. The Morgan fingerprint density at radius 1 is 1.29 bits per heavy atom. The molecule has 0 bridgehead atoms. The van der Waals surface area contributed by atoms with Crippen molar-refractivity contribution in [3.05, 3.63) is 29.3 Å². The Labute approximate surface area is 122 Å². The van der Waals surface area contributed by atoms with E-state index < -0.39 is 23.2 Å². The lowest BCUT2D eigenvalue weighted by Gasteiger charge is -2.26. The number of rotatable bonds is 5. The molecule has 0 atom stereocenters. The summed E-state index contributed by atoms with van der Waals surface area (Å²) in [7, 11) is 0. The lowest BCUT2D eigenvalue weighted by molar-refractivity contribution is 0.0374. The van der Waals surface area contributed by atoms with Gasteiger partial charge < -0.3 is 15.8 Å². The molecular weight excluding hydrogens is 280 g/mol.